The predicted octanol–water partition coefficient (Wildman–Crippen LogP) is 5.08. The van der Waals surface area contributed by atoms with E-state index in [0.717, 1.165) is 16.5 Å². The summed E-state index contributed by atoms with van der Waals surface area (Å²) in [7, 11) is 1.47. The molecule has 0 N–H and O–H groups in total. The lowest BCUT2D eigenvalue weighted by Crippen LogP contribution is -2.67. The summed E-state index contributed by atoms with van der Waals surface area (Å²) in [5.74, 6) is -1.74. The second-order valence-corrected chi connectivity index (χ2v) is 9.70. The average Bonchev–Trinajstić information content (AvgIpc) is 3.09. The van der Waals surface area contributed by atoms with Crippen LogP contribution < -0.4 is 9.64 Å². The Kier molecular flexibility index (Phi) is 5.80. The number of rotatable bonds is 5. The van der Waals surface area contributed by atoms with Crippen molar-refractivity contribution in [2.45, 2.75) is 19.0 Å². The predicted molar refractivity (Wildman–Crippen MR) is 134 cm³/mol. The second kappa shape index (κ2) is 8.72. The lowest BCUT2D eigenvalue weighted by atomic mass is 9.85. The number of carbonyl (C=O) groups is 3. The van der Waals surface area contributed by atoms with Crippen LogP contribution in [0.15, 0.2) is 59.1 Å². The van der Waals surface area contributed by atoms with Crippen LogP contribution in [0.4, 0.5) is 11.4 Å². The maximum absolute atomic E-state index is 13.7. The number of carbonyl (C=O) groups excluding carboxylic acids is 3. The quantitative estimate of drug-likeness (QED) is 0.183. The molecule has 11 heteroatoms. The number of β-lactam (4-membered cyclic amide) rings is 1. The molecule has 1 saturated heterocycles. The van der Waals surface area contributed by atoms with Crippen LogP contribution >= 0.6 is 27.5 Å². The number of halogens is 2. The summed E-state index contributed by atoms with van der Waals surface area (Å²) in [4.78, 5) is 53.6. The number of methoxy groups -OCH3 is 1. The van der Waals surface area contributed by atoms with Gasteiger partial charge in [0.25, 0.3) is 23.4 Å². The third kappa shape index (κ3) is 3.48. The van der Waals surface area contributed by atoms with Gasteiger partial charge in [0, 0.05) is 26.8 Å². The fraction of sp³-hybridized carbons (Fsp3) is 0.160. The van der Waals surface area contributed by atoms with Gasteiger partial charge in [-0.25, -0.2) is 0 Å². The summed E-state index contributed by atoms with van der Waals surface area (Å²) >= 11 is 9.67. The van der Waals surface area contributed by atoms with Crippen molar-refractivity contribution in [3.8, 4) is 5.75 Å². The lowest BCUT2D eigenvalue weighted by Gasteiger charge is -2.50. The van der Waals surface area contributed by atoms with E-state index in [2.05, 4.69) is 15.9 Å². The first-order chi connectivity index (χ1) is 17.1. The number of nitro benzene ring substituents is 1. The van der Waals surface area contributed by atoms with E-state index >= 15 is 0 Å². The van der Waals surface area contributed by atoms with Gasteiger partial charge in [0.15, 0.2) is 0 Å². The number of ether oxygens (including phenoxy) is 1. The Hall–Kier alpha value is -3.76. The van der Waals surface area contributed by atoms with Gasteiger partial charge < -0.3 is 4.74 Å². The van der Waals surface area contributed by atoms with Gasteiger partial charge in [0.1, 0.15) is 17.4 Å². The van der Waals surface area contributed by atoms with Crippen molar-refractivity contribution in [2.75, 3.05) is 12.0 Å². The molecule has 0 spiro atoms. The number of anilines is 1. The van der Waals surface area contributed by atoms with Crippen LogP contribution in [-0.2, 0) is 4.79 Å². The highest BCUT2D eigenvalue weighted by Gasteiger charge is 2.59. The van der Waals surface area contributed by atoms with Crippen molar-refractivity contribution in [1.29, 1.82) is 0 Å². The van der Waals surface area contributed by atoms with Gasteiger partial charge in [-0.2, -0.15) is 0 Å². The molecule has 2 aliphatic heterocycles. The van der Waals surface area contributed by atoms with Crippen molar-refractivity contribution < 1.29 is 24.0 Å². The Morgan fingerprint density at radius 1 is 1.00 bits per heavy atom. The molecule has 0 saturated carbocycles. The van der Waals surface area contributed by atoms with Crippen LogP contribution in [0.3, 0.4) is 0 Å². The van der Waals surface area contributed by atoms with E-state index in [4.69, 9.17) is 16.3 Å². The van der Waals surface area contributed by atoms with E-state index < -0.39 is 40.4 Å². The van der Waals surface area contributed by atoms with Gasteiger partial charge in [-0.3, -0.25) is 34.3 Å². The molecular formula is C25H17BrClN3O6. The lowest BCUT2D eigenvalue weighted by molar-refractivity contribution is -0.385. The highest BCUT2D eigenvalue weighted by Crippen LogP contribution is 2.48. The first kappa shape index (κ1) is 24.0. The third-order valence-corrected chi connectivity index (χ3v) is 7.14. The van der Waals surface area contributed by atoms with E-state index in [1.807, 2.05) is 6.92 Å². The number of nitrogens with zero attached hydrogens (tertiary/aromatic N) is 3. The molecule has 36 heavy (non-hydrogen) atoms. The molecule has 3 amide bonds. The van der Waals surface area contributed by atoms with Gasteiger partial charge in [-0.15, -0.1) is 0 Å². The van der Waals surface area contributed by atoms with Crippen molar-refractivity contribution >= 4 is 56.6 Å². The number of nitro groups is 1. The van der Waals surface area contributed by atoms with E-state index in [0.29, 0.717) is 26.5 Å². The number of imide groups is 1. The molecule has 0 bridgehead atoms. The molecule has 0 radical (unpaired) electrons. The van der Waals surface area contributed by atoms with Crippen molar-refractivity contribution in [3.63, 3.8) is 0 Å². The first-order valence-electron chi connectivity index (χ1n) is 10.7. The zero-order chi connectivity index (χ0) is 25.9. The van der Waals surface area contributed by atoms with Crippen LogP contribution in [0.5, 0.6) is 5.75 Å². The number of amides is 3. The summed E-state index contributed by atoms with van der Waals surface area (Å²) in [6.07, 6.45) is 0. The van der Waals surface area contributed by atoms with Crippen LogP contribution in [0.2, 0.25) is 5.02 Å². The molecule has 2 atom stereocenters. The van der Waals surface area contributed by atoms with E-state index in [1.165, 1.54) is 24.1 Å². The van der Waals surface area contributed by atoms with Crippen molar-refractivity contribution in [2.24, 2.45) is 0 Å². The normalized spacial score (nSPS) is 18.8. The molecule has 182 valence electrons. The first-order valence-corrected chi connectivity index (χ1v) is 11.9. The maximum atomic E-state index is 13.7. The molecule has 3 aromatic carbocycles. The summed E-state index contributed by atoms with van der Waals surface area (Å²) < 4.78 is 6.24. The van der Waals surface area contributed by atoms with Crippen LogP contribution in [0, 0.1) is 17.0 Å². The highest BCUT2D eigenvalue weighted by atomic mass is 79.9. The molecule has 9 nitrogen and oxygen atoms in total. The average molecular weight is 571 g/mol. The molecule has 0 aromatic heterocycles. The van der Waals surface area contributed by atoms with Gasteiger partial charge >= 0.3 is 0 Å². The number of fused-ring (bicyclic) bond motifs is 1. The number of hydrogen-bond donors (Lipinski definition) is 0. The fourth-order valence-electron chi connectivity index (χ4n) is 4.77. The smallest absolute Gasteiger partial charge is 0.282 e. The summed E-state index contributed by atoms with van der Waals surface area (Å²) in [6, 6.07) is 12.1. The molecule has 5 rings (SSSR count). The number of hydrogen-bond acceptors (Lipinski definition) is 6. The maximum Gasteiger partial charge on any atom is 0.282 e. The van der Waals surface area contributed by atoms with Crippen LogP contribution in [0.25, 0.3) is 0 Å². The minimum Gasteiger partial charge on any atom is -0.496 e. The van der Waals surface area contributed by atoms with Crippen LogP contribution in [0.1, 0.15) is 37.9 Å². The Bertz CT molecular complexity index is 1490. The molecular weight excluding hydrogens is 554 g/mol. The minimum atomic E-state index is -1.25. The van der Waals surface area contributed by atoms with Gasteiger partial charge in [-0.05, 0) is 48.9 Å². The molecule has 0 aliphatic carbocycles. The molecule has 2 heterocycles. The zero-order valence-electron chi connectivity index (χ0n) is 18.9. The van der Waals surface area contributed by atoms with E-state index in [-0.39, 0.29) is 11.1 Å². The molecule has 2 aliphatic rings. The van der Waals surface area contributed by atoms with Crippen molar-refractivity contribution in [1.82, 2.24) is 4.90 Å². The fourth-order valence-corrected chi connectivity index (χ4v) is 5.32. The standard InChI is InChI=1S/C25H17BrClN3O6/c1-12-6-8-14(27)11-18(12)28-21(16-10-13(26)7-9-19(16)36-2)22(25(28)33)29-23(31)15-4-3-5-17(30(34)35)20(15)24(29)32/h3-11,21-22H,1-2H3/t21-,22+/m0/s1. The largest absolute Gasteiger partial charge is 0.496 e. The van der Waals surface area contributed by atoms with Gasteiger partial charge in [-0.1, -0.05) is 39.7 Å². The van der Waals surface area contributed by atoms with E-state index in [1.54, 1.807) is 36.4 Å². The highest BCUT2D eigenvalue weighted by molar-refractivity contribution is 9.10. The van der Waals surface area contributed by atoms with Gasteiger partial charge in [0.05, 0.1) is 23.6 Å². The molecule has 3 aromatic rings. The number of aryl methyl sites for hydroxylation is 1. The van der Waals surface area contributed by atoms with Crippen LogP contribution in [-0.4, -0.2) is 40.7 Å². The topological polar surface area (TPSA) is 110 Å². The summed E-state index contributed by atoms with van der Waals surface area (Å²) in [6.45, 7) is 1.81. The summed E-state index contributed by atoms with van der Waals surface area (Å²) in [5.41, 5.74) is 0.889. The summed E-state index contributed by atoms with van der Waals surface area (Å²) in [5, 5.41) is 12.0. The Balaban J connectivity index is 1.68. The second-order valence-electron chi connectivity index (χ2n) is 8.35. The number of benzene rings is 3. The minimum absolute atomic E-state index is 0.112. The SMILES string of the molecule is COc1ccc(Br)cc1[C@H]1[C@@H](N2C(=O)c3cccc([N+](=O)[O-])c3C2=O)C(=O)N1c1cc(Cl)ccc1C. The third-order valence-electron chi connectivity index (χ3n) is 6.41. The monoisotopic (exact) mass is 569 g/mol. The van der Waals surface area contributed by atoms with Crippen molar-refractivity contribution in [3.05, 3.63) is 96.5 Å². The Labute approximate surface area is 218 Å². The molecule has 1 fully saturated rings. The Morgan fingerprint density at radius 3 is 2.44 bits per heavy atom. The molecule has 0 unspecified atom stereocenters. The van der Waals surface area contributed by atoms with E-state index in [9.17, 15) is 24.5 Å². The Morgan fingerprint density at radius 2 is 1.75 bits per heavy atom. The zero-order valence-corrected chi connectivity index (χ0v) is 21.2. The van der Waals surface area contributed by atoms with Gasteiger partial charge in [0.2, 0.25) is 0 Å².